The second-order valence-electron chi connectivity index (χ2n) is 7.35. The number of likely N-dealkylation sites (tertiary alicyclic amines) is 1. The minimum Gasteiger partial charge on any atom is -0.357 e. The topological polar surface area (TPSA) is 57.5 Å². The molecule has 1 unspecified atom stereocenters. The van der Waals surface area contributed by atoms with Gasteiger partial charge in [0.05, 0.1) is 11.0 Å². The van der Waals surface area contributed by atoms with Gasteiger partial charge in [-0.15, -0.1) is 0 Å². The molecule has 1 fully saturated rings. The van der Waals surface area contributed by atoms with Gasteiger partial charge in [-0.05, 0) is 57.8 Å². The van der Waals surface area contributed by atoms with Crippen molar-refractivity contribution in [1.29, 1.82) is 0 Å². The Morgan fingerprint density at radius 2 is 2.11 bits per heavy atom. The number of imidazole rings is 1. The molecular formula is C21H34N6. The van der Waals surface area contributed by atoms with Crippen LogP contribution in [-0.2, 0) is 6.54 Å². The monoisotopic (exact) mass is 370 g/mol. The first-order valence-corrected chi connectivity index (χ1v) is 10.4. The van der Waals surface area contributed by atoms with E-state index in [1.165, 1.54) is 25.0 Å². The summed E-state index contributed by atoms with van der Waals surface area (Å²) in [6, 6.07) is 8.35. The second kappa shape index (κ2) is 9.74. The first-order valence-electron chi connectivity index (χ1n) is 10.4. The van der Waals surface area contributed by atoms with E-state index in [4.69, 9.17) is 4.99 Å². The Labute approximate surface area is 163 Å². The number of guanidine groups is 1. The fourth-order valence-electron chi connectivity index (χ4n) is 3.83. The molecule has 0 saturated carbocycles. The predicted molar refractivity (Wildman–Crippen MR) is 113 cm³/mol. The van der Waals surface area contributed by atoms with Crippen LogP contribution in [0.5, 0.6) is 0 Å². The summed E-state index contributed by atoms with van der Waals surface area (Å²) < 4.78 is 2.30. The van der Waals surface area contributed by atoms with Gasteiger partial charge in [0.15, 0.2) is 5.96 Å². The quantitative estimate of drug-likeness (QED) is 0.426. The maximum atomic E-state index is 4.81. The van der Waals surface area contributed by atoms with Gasteiger partial charge in [-0.1, -0.05) is 19.1 Å². The SMILES string of the molecule is CCNC(=NCC1CCN(CC)C1)NCCCn1c(C)nc2ccccc21. The average Bonchev–Trinajstić information content (AvgIpc) is 3.27. The summed E-state index contributed by atoms with van der Waals surface area (Å²) in [5.41, 5.74) is 2.30. The number of rotatable bonds is 8. The average molecular weight is 371 g/mol. The third-order valence-corrected chi connectivity index (χ3v) is 5.37. The van der Waals surface area contributed by atoms with Gasteiger partial charge < -0.3 is 20.1 Å². The van der Waals surface area contributed by atoms with Gasteiger partial charge >= 0.3 is 0 Å². The summed E-state index contributed by atoms with van der Waals surface area (Å²) in [7, 11) is 0. The van der Waals surface area contributed by atoms with E-state index < -0.39 is 0 Å². The summed E-state index contributed by atoms with van der Waals surface area (Å²) in [5.74, 6) is 2.72. The number of nitrogens with zero attached hydrogens (tertiary/aromatic N) is 4. The molecule has 0 spiro atoms. The largest absolute Gasteiger partial charge is 0.357 e. The van der Waals surface area contributed by atoms with Crippen LogP contribution in [0.1, 0.15) is 32.5 Å². The zero-order chi connectivity index (χ0) is 19.1. The van der Waals surface area contributed by atoms with Crippen molar-refractivity contribution in [1.82, 2.24) is 25.1 Å². The highest BCUT2D eigenvalue weighted by atomic mass is 15.2. The molecule has 1 aliphatic heterocycles. The highest BCUT2D eigenvalue weighted by molar-refractivity contribution is 5.79. The number of fused-ring (bicyclic) bond motifs is 1. The minimum atomic E-state index is 0.695. The van der Waals surface area contributed by atoms with Crippen LogP contribution in [-0.4, -0.2) is 59.7 Å². The molecule has 1 aliphatic rings. The Kier molecular flexibility index (Phi) is 7.10. The zero-order valence-electron chi connectivity index (χ0n) is 17.0. The van der Waals surface area contributed by atoms with E-state index in [0.29, 0.717) is 5.92 Å². The van der Waals surface area contributed by atoms with Crippen molar-refractivity contribution < 1.29 is 0 Å². The van der Waals surface area contributed by atoms with Crippen molar-refractivity contribution in [3.8, 4) is 0 Å². The Hall–Kier alpha value is -2.08. The summed E-state index contributed by atoms with van der Waals surface area (Å²) in [6.07, 6.45) is 2.31. The maximum absolute atomic E-state index is 4.81. The van der Waals surface area contributed by atoms with E-state index in [0.717, 1.165) is 56.4 Å². The van der Waals surface area contributed by atoms with Crippen LogP contribution in [0.2, 0.25) is 0 Å². The van der Waals surface area contributed by atoms with Gasteiger partial charge in [0.1, 0.15) is 5.82 Å². The molecule has 0 radical (unpaired) electrons. The van der Waals surface area contributed by atoms with E-state index in [1.807, 2.05) is 6.07 Å². The van der Waals surface area contributed by atoms with Gasteiger partial charge in [0.25, 0.3) is 0 Å². The van der Waals surface area contributed by atoms with E-state index in [9.17, 15) is 0 Å². The Morgan fingerprint density at radius 1 is 1.26 bits per heavy atom. The van der Waals surface area contributed by atoms with Crippen molar-refractivity contribution in [3.05, 3.63) is 30.1 Å². The first-order chi connectivity index (χ1) is 13.2. The predicted octanol–water partition coefficient (Wildman–Crippen LogP) is 2.63. The van der Waals surface area contributed by atoms with Crippen molar-refractivity contribution in [2.45, 2.75) is 40.2 Å². The molecule has 1 aromatic carbocycles. The Bertz CT molecular complexity index is 750. The van der Waals surface area contributed by atoms with Crippen molar-refractivity contribution in [2.24, 2.45) is 10.9 Å². The van der Waals surface area contributed by atoms with Gasteiger partial charge in [-0.25, -0.2) is 4.98 Å². The molecule has 1 atom stereocenters. The normalized spacial score (nSPS) is 18.3. The highest BCUT2D eigenvalue weighted by Crippen LogP contribution is 2.16. The van der Waals surface area contributed by atoms with Gasteiger partial charge in [0.2, 0.25) is 0 Å². The molecule has 2 N–H and O–H groups in total. The lowest BCUT2D eigenvalue weighted by molar-refractivity contribution is 0.343. The van der Waals surface area contributed by atoms with Crippen LogP contribution in [0.3, 0.4) is 0 Å². The van der Waals surface area contributed by atoms with Crippen LogP contribution < -0.4 is 10.6 Å². The van der Waals surface area contributed by atoms with Gasteiger partial charge in [-0.2, -0.15) is 0 Å². The molecule has 0 bridgehead atoms. The number of hydrogen-bond acceptors (Lipinski definition) is 3. The molecule has 1 saturated heterocycles. The van der Waals surface area contributed by atoms with E-state index in [2.05, 4.69) is 64.1 Å². The summed E-state index contributed by atoms with van der Waals surface area (Å²) in [4.78, 5) is 12.0. The standard InChI is InChI=1S/C21H34N6/c1-4-22-21(24-15-18-11-14-26(5-2)16-18)23-12-8-13-27-17(3)25-19-9-6-7-10-20(19)27/h6-7,9-10,18H,4-5,8,11-16H2,1-3H3,(H2,22,23,24). The Balaban J connectivity index is 1.48. The van der Waals surface area contributed by atoms with Crippen LogP contribution in [0, 0.1) is 12.8 Å². The first kappa shape index (κ1) is 19.7. The van der Waals surface area contributed by atoms with Crippen LogP contribution in [0.15, 0.2) is 29.3 Å². The fourth-order valence-corrected chi connectivity index (χ4v) is 3.83. The molecule has 6 heteroatoms. The summed E-state index contributed by atoms with van der Waals surface area (Å²) >= 11 is 0. The molecule has 27 heavy (non-hydrogen) atoms. The van der Waals surface area contributed by atoms with Gasteiger partial charge in [-0.3, -0.25) is 4.99 Å². The summed E-state index contributed by atoms with van der Waals surface area (Å²) in [5, 5.41) is 6.86. The molecule has 148 valence electrons. The lowest BCUT2D eigenvalue weighted by Crippen LogP contribution is -2.38. The molecule has 3 rings (SSSR count). The Morgan fingerprint density at radius 3 is 2.89 bits per heavy atom. The number of benzene rings is 1. The molecule has 0 aliphatic carbocycles. The van der Waals surface area contributed by atoms with Crippen molar-refractivity contribution in [3.63, 3.8) is 0 Å². The number of aliphatic imine (C=N–C) groups is 1. The van der Waals surface area contributed by atoms with Crippen molar-refractivity contribution >= 4 is 17.0 Å². The minimum absolute atomic E-state index is 0.695. The smallest absolute Gasteiger partial charge is 0.191 e. The molecule has 1 aromatic heterocycles. The van der Waals surface area contributed by atoms with E-state index in [1.54, 1.807) is 0 Å². The molecule has 6 nitrogen and oxygen atoms in total. The van der Waals surface area contributed by atoms with Gasteiger partial charge in [0, 0.05) is 32.7 Å². The third kappa shape index (κ3) is 5.22. The van der Waals surface area contributed by atoms with Crippen LogP contribution in [0.4, 0.5) is 0 Å². The number of aromatic nitrogens is 2. The van der Waals surface area contributed by atoms with Crippen molar-refractivity contribution in [2.75, 3.05) is 39.3 Å². The summed E-state index contributed by atoms with van der Waals surface area (Å²) in [6.45, 7) is 13.7. The van der Waals surface area contributed by atoms with E-state index >= 15 is 0 Å². The third-order valence-electron chi connectivity index (χ3n) is 5.37. The molecule has 2 aromatic rings. The second-order valence-corrected chi connectivity index (χ2v) is 7.35. The van der Waals surface area contributed by atoms with Crippen LogP contribution in [0.25, 0.3) is 11.0 Å². The molecule has 2 heterocycles. The lowest BCUT2D eigenvalue weighted by Gasteiger charge is -2.14. The number of para-hydroxylation sites is 2. The van der Waals surface area contributed by atoms with E-state index in [-0.39, 0.29) is 0 Å². The zero-order valence-corrected chi connectivity index (χ0v) is 17.0. The maximum Gasteiger partial charge on any atom is 0.191 e. The van der Waals surface area contributed by atoms with Crippen LogP contribution >= 0.6 is 0 Å². The number of hydrogen-bond donors (Lipinski definition) is 2. The lowest BCUT2D eigenvalue weighted by atomic mass is 10.1. The number of nitrogens with one attached hydrogen (secondary N) is 2. The highest BCUT2D eigenvalue weighted by Gasteiger charge is 2.20. The fraction of sp³-hybridized carbons (Fsp3) is 0.619. The molecular weight excluding hydrogens is 336 g/mol. The number of aryl methyl sites for hydroxylation is 2. The molecule has 0 amide bonds.